The van der Waals surface area contributed by atoms with Crippen LogP contribution in [0.5, 0.6) is 0 Å². The van der Waals surface area contributed by atoms with Gasteiger partial charge >= 0.3 is 0 Å². The number of hydrogen-bond acceptors (Lipinski definition) is 4. The largest absolute Gasteiger partial charge is 0.355 e. The van der Waals surface area contributed by atoms with E-state index < -0.39 is 0 Å². The van der Waals surface area contributed by atoms with Crippen LogP contribution in [0.2, 0.25) is 0 Å². The van der Waals surface area contributed by atoms with Crippen molar-refractivity contribution in [3.63, 3.8) is 0 Å². The van der Waals surface area contributed by atoms with Crippen molar-refractivity contribution in [2.45, 2.75) is 12.4 Å². The van der Waals surface area contributed by atoms with Crippen LogP contribution >= 0.6 is 11.9 Å². The third kappa shape index (κ3) is 1.74. The second kappa shape index (κ2) is 3.75. The van der Waals surface area contributed by atoms with Gasteiger partial charge in [-0.1, -0.05) is 18.2 Å². The Bertz CT molecular complexity index is 470. The average molecular weight is 232 g/mol. The topological polar surface area (TPSA) is 41.9 Å². The zero-order valence-corrected chi connectivity index (χ0v) is 9.66. The third-order valence-electron chi connectivity index (χ3n) is 2.36. The van der Waals surface area contributed by atoms with Gasteiger partial charge in [-0.05, 0) is 19.1 Å². The molecule has 1 atom stereocenters. The molecule has 4 nitrogen and oxygen atoms in total. The van der Waals surface area contributed by atoms with Crippen LogP contribution in [0.1, 0.15) is 5.69 Å². The Morgan fingerprint density at radius 1 is 1.38 bits per heavy atom. The quantitative estimate of drug-likeness (QED) is 0.835. The number of nitrogens with zero attached hydrogens (tertiary/aromatic N) is 2. The van der Waals surface area contributed by atoms with E-state index in [-0.39, 0.29) is 5.50 Å². The van der Waals surface area contributed by atoms with Gasteiger partial charge in [-0.2, -0.15) is 9.19 Å². The summed E-state index contributed by atoms with van der Waals surface area (Å²) in [5, 5.41) is 11.1. The summed E-state index contributed by atoms with van der Waals surface area (Å²) in [6.07, 6.45) is 0. The normalized spacial score (nSPS) is 17.9. The molecule has 0 aliphatic carbocycles. The van der Waals surface area contributed by atoms with Gasteiger partial charge in [0.25, 0.3) is 0 Å². The molecular weight excluding hydrogens is 220 g/mol. The average Bonchev–Trinajstić information content (AvgIpc) is 2.76. The molecule has 0 amide bonds. The minimum Gasteiger partial charge on any atom is -0.355 e. The minimum atomic E-state index is 0.144. The van der Waals surface area contributed by atoms with Gasteiger partial charge in [-0.3, -0.25) is 0 Å². The standard InChI is InChI=1S/C11H12N4S/c1-8-7-10-13-11(16-15(10)14-8)12-9-5-3-2-4-6-9/h2-7,11-13H,1H3/t11-/m1/s1. The van der Waals surface area contributed by atoms with Gasteiger partial charge in [0.15, 0.2) is 5.50 Å². The molecule has 2 aromatic rings. The molecule has 3 rings (SSSR count). The van der Waals surface area contributed by atoms with Gasteiger partial charge < -0.3 is 10.6 Å². The first kappa shape index (κ1) is 9.59. The first-order chi connectivity index (χ1) is 7.81. The van der Waals surface area contributed by atoms with E-state index in [1.807, 2.05) is 35.3 Å². The summed E-state index contributed by atoms with van der Waals surface area (Å²) in [5.74, 6) is 1.05. The molecule has 0 fully saturated rings. The highest BCUT2D eigenvalue weighted by molar-refractivity contribution is 7.98. The molecule has 0 spiro atoms. The van der Waals surface area contributed by atoms with E-state index >= 15 is 0 Å². The van der Waals surface area contributed by atoms with Crippen molar-refractivity contribution in [1.82, 2.24) is 9.19 Å². The Morgan fingerprint density at radius 3 is 2.94 bits per heavy atom. The molecule has 0 bridgehead atoms. The van der Waals surface area contributed by atoms with E-state index in [0.29, 0.717) is 0 Å². The smallest absolute Gasteiger partial charge is 0.168 e. The van der Waals surface area contributed by atoms with Crippen LogP contribution in [0.15, 0.2) is 36.4 Å². The predicted octanol–water partition coefficient (Wildman–Crippen LogP) is 2.51. The molecule has 1 aromatic carbocycles. The highest BCUT2D eigenvalue weighted by Gasteiger charge is 2.22. The van der Waals surface area contributed by atoms with Crippen molar-refractivity contribution in [2.75, 3.05) is 10.6 Å². The van der Waals surface area contributed by atoms with Crippen molar-refractivity contribution in [1.29, 1.82) is 0 Å². The molecule has 16 heavy (non-hydrogen) atoms. The summed E-state index contributed by atoms with van der Waals surface area (Å²) in [6.45, 7) is 1.99. The molecule has 82 valence electrons. The molecule has 2 heterocycles. The minimum absolute atomic E-state index is 0.144. The van der Waals surface area contributed by atoms with Crippen LogP contribution in [0, 0.1) is 6.92 Å². The maximum absolute atomic E-state index is 4.36. The molecule has 2 N–H and O–H groups in total. The SMILES string of the molecule is Cc1cc2n(n1)S[C@H](Nc1ccccc1)N2. The Labute approximate surface area is 98.2 Å². The zero-order valence-electron chi connectivity index (χ0n) is 8.84. The molecular formula is C11H12N4S. The highest BCUT2D eigenvalue weighted by atomic mass is 32.2. The van der Waals surface area contributed by atoms with Gasteiger partial charge in [-0.15, -0.1) is 0 Å². The molecule has 0 saturated carbocycles. The van der Waals surface area contributed by atoms with Gasteiger partial charge in [0.05, 0.1) is 5.69 Å². The molecule has 1 aromatic heterocycles. The van der Waals surface area contributed by atoms with E-state index in [1.54, 1.807) is 11.9 Å². The fourth-order valence-corrected chi connectivity index (χ4v) is 2.62. The number of para-hydroxylation sites is 1. The number of nitrogens with one attached hydrogen (secondary N) is 2. The lowest BCUT2D eigenvalue weighted by atomic mass is 10.3. The first-order valence-corrected chi connectivity index (χ1v) is 5.97. The molecule has 0 unspecified atom stereocenters. The Balaban J connectivity index is 1.70. The number of aryl methyl sites for hydroxylation is 1. The van der Waals surface area contributed by atoms with Crippen molar-refractivity contribution in [2.24, 2.45) is 0 Å². The Hall–Kier alpha value is -1.62. The van der Waals surface area contributed by atoms with E-state index in [4.69, 9.17) is 0 Å². The van der Waals surface area contributed by atoms with Crippen LogP contribution in [0.25, 0.3) is 0 Å². The lowest BCUT2D eigenvalue weighted by Gasteiger charge is -2.12. The monoisotopic (exact) mass is 232 g/mol. The second-order valence-electron chi connectivity index (χ2n) is 3.68. The van der Waals surface area contributed by atoms with E-state index in [9.17, 15) is 0 Å². The van der Waals surface area contributed by atoms with Crippen molar-refractivity contribution in [3.05, 3.63) is 42.1 Å². The molecule has 0 saturated heterocycles. The summed E-state index contributed by atoms with van der Waals surface area (Å²) < 4.78 is 1.91. The number of rotatable bonds is 2. The maximum Gasteiger partial charge on any atom is 0.168 e. The Kier molecular flexibility index (Phi) is 2.25. The summed E-state index contributed by atoms with van der Waals surface area (Å²) >= 11 is 1.64. The van der Waals surface area contributed by atoms with Gasteiger partial charge in [-0.25, -0.2) is 0 Å². The van der Waals surface area contributed by atoms with E-state index in [0.717, 1.165) is 17.2 Å². The van der Waals surface area contributed by atoms with Crippen molar-refractivity contribution < 1.29 is 0 Å². The molecule has 1 aliphatic heterocycles. The lowest BCUT2D eigenvalue weighted by molar-refractivity contribution is 0.996. The van der Waals surface area contributed by atoms with E-state index in [2.05, 4.69) is 27.9 Å². The van der Waals surface area contributed by atoms with Gasteiger partial charge in [0.2, 0.25) is 0 Å². The summed E-state index contributed by atoms with van der Waals surface area (Å²) in [5.41, 5.74) is 2.29. The zero-order chi connectivity index (χ0) is 11.0. The molecule has 0 radical (unpaired) electrons. The summed E-state index contributed by atoms with van der Waals surface area (Å²) in [7, 11) is 0. The molecule has 5 heteroatoms. The first-order valence-electron chi connectivity index (χ1n) is 5.13. The number of fused-ring (bicyclic) bond motifs is 1. The second-order valence-corrected chi connectivity index (χ2v) is 4.71. The third-order valence-corrected chi connectivity index (χ3v) is 3.28. The highest BCUT2D eigenvalue weighted by Crippen LogP contribution is 2.30. The molecule has 1 aliphatic rings. The fourth-order valence-electron chi connectivity index (χ4n) is 1.67. The van der Waals surface area contributed by atoms with Crippen molar-refractivity contribution in [3.8, 4) is 0 Å². The number of aromatic nitrogens is 2. The fraction of sp³-hybridized carbons (Fsp3) is 0.182. The number of hydrogen-bond donors (Lipinski definition) is 2. The van der Waals surface area contributed by atoms with Crippen LogP contribution in [0.3, 0.4) is 0 Å². The van der Waals surface area contributed by atoms with Crippen molar-refractivity contribution >= 4 is 23.5 Å². The van der Waals surface area contributed by atoms with E-state index in [1.165, 1.54) is 0 Å². The predicted molar refractivity (Wildman–Crippen MR) is 67.4 cm³/mol. The Morgan fingerprint density at radius 2 is 2.19 bits per heavy atom. The van der Waals surface area contributed by atoms with Crippen LogP contribution in [-0.2, 0) is 0 Å². The van der Waals surface area contributed by atoms with Crippen LogP contribution < -0.4 is 10.6 Å². The maximum atomic E-state index is 4.36. The van der Waals surface area contributed by atoms with Gasteiger partial charge in [0, 0.05) is 23.7 Å². The van der Waals surface area contributed by atoms with Gasteiger partial charge in [0.1, 0.15) is 5.82 Å². The lowest BCUT2D eigenvalue weighted by Crippen LogP contribution is -2.20. The van der Waals surface area contributed by atoms with Crippen LogP contribution in [-0.4, -0.2) is 14.7 Å². The summed E-state index contributed by atoms with van der Waals surface area (Å²) in [4.78, 5) is 0. The number of anilines is 2. The summed E-state index contributed by atoms with van der Waals surface area (Å²) in [6, 6.07) is 12.2. The van der Waals surface area contributed by atoms with Crippen LogP contribution in [0.4, 0.5) is 11.5 Å². The number of benzene rings is 1.